The summed E-state index contributed by atoms with van der Waals surface area (Å²) in [5.41, 5.74) is 6.10. The Hall–Kier alpha value is -2.17. The van der Waals surface area contributed by atoms with Gasteiger partial charge in [-0.2, -0.15) is 0 Å². The topological polar surface area (TPSA) is 41.3 Å². The highest BCUT2D eigenvalue weighted by atomic mass is 16.3. The monoisotopic (exact) mass is 393 g/mol. The maximum absolute atomic E-state index is 10.6. The highest BCUT2D eigenvalue weighted by molar-refractivity contribution is 5.86. The number of aryl methyl sites for hydroxylation is 1. The van der Waals surface area contributed by atoms with Gasteiger partial charge < -0.3 is 14.6 Å². The first-order valence-electron chi connectivity index (χ1n) is 10.2. The number of fused-ring (bicyclic) bond motifs is 3. The maximum atomic E-state index is 10.6. The van der Waals surface area contributed by atoms with Crippen molar-refractivity contribution in [2.45, 2.75) is 65.6 Å². The quantitative estimate of drug-likeness (QED) is 0.669. The second-order valence-electron chi connectivity index (χ2n) is 9.04. The van der Waals surface area contributed by atoms with E-state index >= 15 is 0 Å². The Kier molecular flexibility index (Phi) is 6.16. The summed E-state index contributed by atoms with van der Waals surface area (Å²) in [6.07, 6.45) is 5.50. The number of hydrogen-bond acceptors (Lipinski definition) is 3. The van der Waals surface area contributed by atoms with Gasteiger partial charge in [-0.25, -0.2) is 0 Å². The molecular weight excluding hydrogens is 358 g/mol. The van der Waals surface area contributed by atoms with Crippen LogP contribution in [0.15, 0.2) is 42.7 Å². The van der Waals surface area contributed by atoms with E-state index in [0.29, 0.717) is 0 Å². The molecule has 1 aliphatic rings. The second kappa shape index (κ2) is 8.29. The number of rotatable bonds is 5. The van der Waals surface area contributed by atoms with Gasteiger partial charge in [0.15, 0.2) is 0 Å². The van der Waals surface area contributed by atoms with E-state index in [9.17, 15) is 5.11 Å². The van der Waals surface area contributed by atoms with Crippen LogP contribution in [-0.2, 0) is 19.5 Å². The first-order valence-corrected chi connectivity index (χ1v) is 10.2. The zero-order valence-corrected chi connectivity index (χ0v) is 17.4. The maximum Gasteiger partial charge on any atom is 0.0598 e. The predicted octanol–water partition coefficient (Wildman–Crippen LogP) is 4.91. The van der Waals surface area contributed by atoms with Crippen molar-refractivity contribution in [2.75, 3.05) is 13.6 Å². The Morgan fingerprint density at radius 2 is 1.90 bits per heavy atom. The van der Waals surface area contributed by atoms with Gasteiger partial charge in [-0.05, 0) is 69.6 Å². The lowest BCUT2D eigenvalue weighted by molar-refractivity contribution is 0.0609. The van der Waals surface area contributed by atoms with Crippen molar-refractivity contribution in [3.8, 4) is 0 Å². The standard InChI is InChI=1S/C24H31N3O.CH4/c1-17-5-6-22-20(13-17)21-16-26(4)12-9-23(21)27(22)15-19(14-24(2,3)28)18-7-10-25-11-8-18;/h5-8,10-11,13,19,28H,9,12,14-16H2,1-4H3;1H4. The number of aromatic nitrogens is 2. The summed E-state index contributed by atoms with van der Waals surface area (Å²) < 4.78 is 2.52. The lowest BCUT2D eigenvalue weighted by atomic mass is 9.88. The zero-order chi connectivity index (χ0) is 19.9. The zero-order valence-electron chi connectivity index (χ0n) is 17.4. The van der Waals surface area contributed by atoms with Crippen molar-refractivity contribution in [1.29, 1.82) is 0 Å². The van der Waals surface area contributed by atoms with Gasteiger partial charge in [-0.1, -0.05) is 19.1 Å². The molecule has 0 bridgehead atoms. The molecule has 0 saturated heterocycles. The molecule has 0 amide bonds. The van der Waals surface area contributed by atoms with Crippen LogP contribution in [-0.4, -0.2) is 38.8 Å². The molecular formula is C25H35N3O. The molecule has 1 aliphatic heterocycles. The summed E-state index contributed by atoms with van der Waals surface area (Å²) in [6, 6.07) is 11.0. The Morgan fingerprint density at radius 1 is 1.17 bits per heavy atom. The van der Waals surface area contributed by atoms with Crippen LogP contribution < -0.4 is 0 Å². The number of likely N-dealkylation sites (N-methyl/N-ethyl adjacent to an activating group) is 1. The van der Waals surface area contributed by atoms with E-state index in [-0.39, 0.29) is 13.3 Å². The highest BCUT2D eigenvalue weighted by Crippen LogP contribution is 2.35. The van der Waals surface area contributed by atoms with Crippen LogP contribution in [0.3, 0.4) is 0 Å². The average molecular weight is 394 g/mol. The van der Waals surface area contributed by atoms with Crippen LogP contribution >= 0.6 is 0 Å². The molecule has 4 rings (SSSR count). The molecule has 1 atom stereocenters. The fourth-order valence-electron chi connectivity index (χ4n) is 4.65. The Bertz CT molecular complexity index is 969. The number of nitrogens with zero attached hydrogens (tertiary/aromatic N) is 3. The highest BCUT2D eigenvalue weighted by Gasteiger charge is 2.27. The lowest BCUT2D eigenvalue weighted by Gasteiger charge is -2.28. The van der Waals surface area contributed by atoms with Gasteiger partial charge in [0, 0.05) is 61.0 Å². The molecule has 29 heavy (non-hydrogen) atoms. The molecule has 1 aromatic carbocycles. The molecule has 1 N–H and O–H groups in total. The van der Waals surface area contributed by atoms with E-state index in [2.05, 4.69) is 58.8 Å². The fourth-order valence-corrected chi connectivity index (χ4v) is 4.65. The molecule has 4 heteroatoms. The third-order valence-corrected chi connectivity index (χ3v) is 5.93. The summed E-state index contributed by atoms with van der Waals surface area (Å²) in [7, 11) is 2.20. The van der Waals surface area contributed by atoms with Crippen molar-refractivity contribution in [2.24, 2.45) is 0 Å². The van der Waals surface area contributed by atoms with Gasteiger partial charge in [-0.3, -0.25) is 4.98 Å². The minimum atomic E-state index is -0.715. The smallest absolute Gasteiger partial charge is 0.0598 e. The summed E-state index contributed by atoms with van der Waals surface area (Å²) in [6.45, 7) is 8.96. The molecule has 1 unspecified atom stereocenters. The number of benzene rings is 1. The molecule has 4 nitrogen and oxygen atoms in total. The Labute approximate surface area is 175 Å². The van der Waals surface area contributed by atoms with Gasteiger partial charge in [0.2, 0.25) is 0 Å². The van der Waals surface area contributed by atoms with Crippen molar-refractivity contribution >= 4 is 10.9 Å². The summed E-state index contributed by atoms with van der Waals surface area (Å²) in [4.78, 5) is 6.59. The van der Waals surface area contributed by atoms with E-state index in [1.807, 2.05) is 26.2 Å². The van der Waals surface area contributed by atoms with Crippen molar-refractivity contribution in [3.63, 3.8) is 0 Å². The molecule has 0 radical (unpaired) electrons. The molecule has 2 aromatic heterocycles. The largest absolute Gasteiger partial charge is 0.390 e. The Balaban J connectivity index is 0.00000240. The third kappa shape index (κ3) is 4.54. The normalized spacial score (nSPS) is 15.8. The summed E-state index contributed by atoms with van der Waals surface area (Å²) in [5.74, 6) is 0.239. The van der Waals surface area contributed by atoms with E-state index < -0.39 is 5.60 Å². The summed E-state index contributed by atoms with van der Waals surface area (Å²) in [5, 5.41) is 12.0. The van der Waals surface area contributed by atoms with Gasteiger partial charge in [-0.15, -0.1) is 0 Å². The lowest BCUT2D eigenvalue weighted by Crippen LogP contribution is -2.29. The van der Waals surface area contributed by atoms with Crippen LogP contribution in [0.1, 0.15) is 56.0 Å². The first-order chi connectivity index (χ1) is 13.3. The van der Waals surface area contributed by atoms with Crippen molar-refractivity contribution in [3.05, 3.63) is 65.1 Å². The molecule has 0 saturated carbocycles. The molecule has 0 fully saturated rings. The minimum absolute atomic E-state index is 0. The van der Waals surface area contributed by atoms with Crippen LogP contribution in [0, 0.1) is 6.92 Å². The van der Waals surface area contributed by atoms with E-state index in [1.54, 1.807) is 0 Å². The molecule has 3 heterocycles. The van der Waals surface area contributed by atoms with Gasteiger partial charge >= 0.3 is 0 Å². The minimum Gasteiger partial charge on any atom is -0.390 e. The fraction of sp³-hybridized carbons (Fsp3) is 0.480. The van der Waals surface area contributed by atoms with Crippen LogP contribution in [0.5, 0.6) is 0 Å². The predicted molar refractivity (Wildman–Crippen MR) is 121 cm³/mol. The molecule has 3 aromatic rings. The van der Waals surface area contributed by atoms with Crippen LogP contribution in [0.2, 0.25) is 0 Å². The van der Waals surface area contributed by atoms with Gasteiger partial charge in [0.1, 0.15) is 0 Å². The van der Waals surface area contributed by atoms with Gasteiger partial charge in [0.25, 0.3) is 0 Å². The first kappa shape index (κ1) is 21.5. The molecule has 0 spiro atoms. The van der Waals surface area contributed by atoms with Crippen LogP contribution in [0.4, 0.5) is 0 Å². The van der Waals surface area contributed by atoms with Gasteiger partial charge in [0.05, 0.1) is 5.60 Å². The van der Waals surface area contributed by atoms with Crippen LogP contribution in [0.25, 0.3) is 10.9 Å². The SMILES string of the molecule is C.Cc1ccc2c(c1)c1c(n2CC(CC(C)(C)O)c2ccncc2)CCN(C)C1. The van der Waals surface area contributed by atoms with Crippen molar-refractivity contribution < 1.29 is 5.11 Å². The average Bonchev–Trinajstić information content (AvgIpc) is 2.93. The van der Waals surface area contributed by atoms with E-state index in [1.165, 1.54) is 33.3 Å². The third-order valence-electron chi connectivity index (χ3n) is 5.93. The number of pyridine rings is 1. The van der Waals surface area contributed by atoms with E-state index in [0.717, 1.165) is 32.5 Å². The second-order valence-corrected chi connectivity index (χ2v) is 9.04. The van der Waals surface area contributed by atoms with Crippen molar-refractivity contribution in [1.82, 2.24) is 14.5 Å². The number of hydrogen-bond donors (Lipinski definition) is 1. The van der Waals surface area contributed by atoms with E-state index in [4.69, 9.17) is 0 Å². The molecule has 156 valence electrons. The number of aliphatic hydroxyl groups is 1. The molecule has 0 aliphatic carbocycles. The summed E-state index contributed by atoms with van der Waals surface area (Å²) >= 11 is 0. The Morgan fingerprint density at radius 3 is 2.59 bits per heavy atom.